The van der Waals surface area contributed by atoms with Gasteiger partial charge in [-0.1, -0.05) is 29.8 Å². The van der Waals surface area contributed by atoms with Crippen molar-refractivity contribution in [1.29, 1.82) is 0 Å². The molecule has 0 bridgehead atoms. The van der Waals surface area contributed by atoms with Crippen LogP contribution in [0.5, 0.6) is 0 Å². The topological polar surface area (TPSA) is 29.1 Å². The fraction of sp³-hybridized carbons (Fsp3) is 0.300. The number of hydrogen-bond acceptors (Lipinski definition) is 1. The summed E-state index contributed by atoms with van der Waals surface area (Å²) in [6.45, 7) is 1.41. The molecular formula is C10H12FNO. The van der Waals surface area contributed by atoms with E-state index in [4.69, 9.17) is 0 Å². The van der Waals surface area contributed by atoms with E-state index in [1.54, 1.807) is 0 Å². The largest absolute Gasteiger partial charge is 0.350 e. The van der Waals surface area contributed by atoms with Gasteiger partial charge in [-0.25, -0.2) is 4.39 Å². The molecule has 1 rings (SSSR count). The Hall–Kier alpha value is -1.38. The summed E-state index contributed by atoms with van der Waals surface area (Å²) in [7, 11) is 0. The van der Waals surface area contributed by atoms with Crippen molar-refractivity contribution in [3.05, 3.63) is 35.4 Å². The average molecular weight is 181 g/mol. The Labute approximate surface area is 76.8 Å². The summed E-state index contributed by atoms with van der Waals surface area (Å²) in [5.41, 5.74) is 2.12. The molecule has 2 nitrogen and oxygen atoms in total. The molecule has 0 aliphatic carbocycles. The van der Waals surface area contributed by atoms with Gasteiger partial charge in [0.15, 0.2) is 6.67 Å². The van der Waals surface area contributed by atoms with Crippen LogP contribution < -0.4 is 5.32 Å². The van der Waals surface area contributed by atoms with Crippen molar-refractivity contribution in [3.8, 4) is 0 Å². The van der Waals surface area contributed by atoms with Crippen molar-refractivity contribution < 1.29 is 9.18 Å². The number of carbonyl (C=O) groups is 1. The lowest BCUT2D eigenvalue weighted by Gasteiger charge is -2.03. The van der Waals surface area contributed by atoms with E-state index in [0.29, 0.717) is 6.54 Å². The minimum absolute atomic E-state index is 0.393. The average Bonchev–Trinajstić information content (AvgIpc) is 2.14. The van der Waals surface area contributed by atoms with Crippen LogP contribution in [0, 0.1) is 6.92 Å². The number of aryl methyl sites for hydroxylation is 1. The van der Waals surface area contributed by atoms with Gasteiger partial charge in [0.1, 0.15) is 0 Å². The van der Waals surface area contributed by atoms with Gasteiger partial charge < -0.3 is 5.32 Å². The molecule has 0 aliphatic heterocycles. The summed E-state index contributed by atoms with van der Waals surface area (Å²) in [6.07, 6.45) is 0. The lowest BCUT2D eigenvalue weighted by Crippen LogP contribution is -2.23. The number of benzene rings is 1. The second kappa shape index (κ2) is 4.60. The first-order valence-electron chi connectivity index (χ1n) is 4.10. The summed E-state index contributed by atoms with van der Waals surface area (Å²) >= 11 is 0. The van der Waals surface area contributed by atoms with E-state index in [-0.39, 0.29) is 0 Å². The molecule has 0 saturated carbocycles. The lowest BCUT2D eigenvalue weighted by molar-refractivity contribution is -0.122. The van der Waals surface area contributed by atoms with Gasteiger partial charge in [-0.15, -0.1) is 0 Å². The fourth-order valence-corrected chi connectivity index (χ4v) is 1.07. The summed E-state index contributed by atoms with van der Waals surface area (Å²) in [6, 6.07) is 7.73. The maximum Gasteiger partial charge on any atom is 0.251 e. The summed E-state index contributed by atoms with van der Waals surface area (Å²) in [5, 5.41) is 2.46. The van der Waals surface area contributed by atoms with Crippen LogP contribution in [0.3, 0.4) is 0 Å². The van der Waals surface area contributed by atoms with Crippen LogP contribution in [0.1, 0.15) is 11.1 Å². The maximum atomic E-state index is 11.8. The zero-order chi connectivity index (χ0) is 9.68. The van der Waals surface area contributed by atoms with Crippen molar-refractivity contribution in [2.45, 2.75) is 13.5 Å². The van der Waals surface area contributed by atoms with Gasteiger partial charge in [-0.05, 0) is 12.5 Å². The highest BCUT2D eigenvalue weighted by atomic mass is 19.1. The molecule has 0 saturated heterocycles. The smallest absolute Gasteiger partial charge is 0.251 e. The second-order valence-electron chi connectivity index (χ2n) is 2.90. The molecule has 0 fully saturated rings. The molecule has 0 aromatic heterocycles. The predicted molar refractivity (Wildman–Crippen MR) is 49.0 cm³/mol. The molecule has 0 heterocycles. The van der Waals surface area contributed by atoms with E-state index in [9.17, 15) is 9.18 Å². The first kappa shape index (κ1) is 9.71. The Morgan fingerprint density at radius 2 is 2.31 bits per heavy atom. The lowest BCUT2D eigenvalue weighted by atomic mass is 10.1. The number of rotatable bonds is 3. The van der Waals surface area contributed by atoms with E-state index >= 15 is 0 Å². The van der Waals surface area contributed by atoms with Crippen LogP contribution in [-0.4, -0.2) is 12.6 Å². The molecule has 0 radical (unpaired) electrons. The molecule has 1 aromatic rings. The van der Waals surface area contributed by atoms with Crippen LogP contribution in [0.2, 0.25) is 0 Å². The normalized spacial score (nSPS) is 9.69. The van der Waals surface area contributed by atoms with Crippen LogP contribution in [0.4, 0.5) is 4.39 Å². The van der Waals surface area contributed by atoms with Gasteiger partial charge in [0.2, 0.25) is 0 Å². The Morgan fingerprint density at radius 3 is 2.92 bits per heavy atom. The number of alkyl halides is 1. The minimum Gasteiger partial charge on any atom is -0.350 e. The van der Waals surface area contributed by atoms with E-state index < -0.39 is 12.6 Å². The van der Waals surface area contributed by atoms with E-state index in [1.807, 2.05) is 31.2 Å². The molecule has 1 aromatic carbocycles. The molecule has 0 spiro atoms. The van der Waals surface area contributed by atoms with Crippen molar-refractivity contribution in [2.24, 2.45) is 0 Å². The predicted octanol–water partition coefficient (Wildman–Crippen LogP) is 1.58. The van der Waals surface area contributed by atoms with Crippen molar-refractivity contribution in [2.75, 3.05) is 6.67 Å². The molecular weight excluding hydrogens is 169 g/mol. The summed E-state index contributed by atoms with van der Waals surface area (Å²) < 4.78 is 11.8. The Morgan fingerprint density at radius 1 is 1.54 bits per heavy atom. The van der Waals surface area contributed by atoms with Crippen LogP contribution in [-0.2, 0) is 11.3 Å². The standard InChI is InChI=1S/C10H12FNO/c1-8-3-2-4-9(5-8)7-12-10(13)6-11/h2-5H,6-7H2,1H3,(H,12,13). The van der Waals surface area contributed by atoms with E-state index in [2.05, 4.69) is 5.32 Å². The summed E-state index contributed by atoms with van der Waals surface area (Å²) in [4.78, 5) is 10.6. The van der Waals surface area contributed by atoms with E-state index in [0.717, 1.165) is 11.1 Å². The molecule has 1 amide bonds. The van der Waals surface area contributed by atoms with Crippen molar-refractivity contribution in [3.63, 3.8) is 0 Å². The zero-order valence-corrected chi connectivity index (χ0v) is 7.51. The maximum absolute atomic E-state index is 11.8. The Bertz CT molecular complexity index is 299. The zero-order valence-electron chi connectivity index (χ0n) is 7.51. The highest BCUT2D eigenvalue weighted by Crippen LogP contribution is 2.02. The molecule has 1 N–H and O–H groups in total. The van der Waals surface area contributed by atoms with Gasteiger partial charge in [-0.3, -0.25) is 4.79 Å². The first-order valence-corrected chi connectivity index (χ1v) is 4.10. The fourth-order valence-electron chi connectivity index (χ4n) is 1.07. The quantitative estimate of drug-likeness (QED) is 0.753. The highest BCUT2D eigenvalue weighted by Gasteiger charge is 1.98. The van der Waals surface area contributed by atoms with Crippen LogP contribution in [0.15, 0.2) is 24.3 Å². The highest BCUT2D eigenvalue weighted by molar-refractivity contribution is 5.76. The third kappa shape index (κ3) is 3.23. The van der Waals surface area contributed by atoms with Crippen molar-refractivity contribution >= 4 is 5.91 Å². The van der Waals surface area contributed by atoms with Gasteiger partial charge in [0.25, 0.3) is 5.91 Å². The summed E-state index contributed by atoms with van der Waals surface area (Å²) in [5.74, 6) is -0.568. The SMILES string of the molecule is Cc1cccc(CNC(=O)CF)c1. The van der Waals surface area contributed by atoms with Gasteiger partial charge in [-0.2, -0.15) is 0 Å². The number of amides is 1. The van der Waals surface area contributed by atoms with Gasteiger partial charge in [0, 0.05) is 6.54 Å². The minimum atomic E-state index is -0.953. The third-order valence-electron chi connectivity index (χ3n) is 1.69. The number of hydrogen-bond donors (Lipinski definition) is 1. The van der Waals surface area contributed by atoms with Gasteiger partial charge >= 0.3 is 0 Å². The van der Waals surface area contributed by atoms with Crippen LogP contribution in [0.25, 0.3) is 0 Å². The molecule has 13 heavy (non-hydrogen) atoms. The number of carbonyl (C=O) groups excluding carboxylic acids is 1. The van der Waals surface area contributed by atoms with E-state index in [1.165, 1.54) is 0 Å². The first-order chi connectivity index (χ1) is 6.22. The Kier molecular flexibility index (Phi) is 3.43. The second-order valence-corrected chi connectivity index (χ2v) is 2.90. The molecule has 0 unspecified atom stereocenters. The molecule has 0 aliphatic rings. The number of nitrogens with one attached hydrogen (secondary N) is 1. The Balaban J connectivity index is 2.50. The molecule has 70 valence electrons. The van der Waals surface area contributed by atoms with Crippen molar-refractivity contribution in [1.82, 2.24) is 5.32 Å². The molecule has 0 atom stereocenters. The molecule has 3 heteroatoms. The van der Waals surface area contributed by atoms with Crippen LogP contribution >= 0.6 is 0 Å². The van der Waals surface area contributed by atoms with Gasteiger partial charge in [0.05, 0.1) is 0 Å². The monoisotopic (exact) mass is 181 g/mol. The number of halogens is 1. The third-order valence-corrected chi connectivity index (χ3v) is 1.69.